The highest BCUT2D eigenvalue weighted by atomic mass is 35.5. The second kappa shape index (κ2) is 9.12. The first-order valence-electron chi connectivity index (χ1n) is 8.85. The normalized spacial score (nSPS) is 11.9. The summed E-state index contributed by atoms with van der Waals surface area (Å²) in [7, 11) is 1.89. The van der Waals surface area contributed by atoms with Crippen molar-refractivity contribution in [1.82, 2.24) is 14.8 Å². The maximum Gasteiger partial charge on any atom is 0.237 e. The Labute approximate surface area is 173 Å². The second-order valence-corrected chi connectivity index (χ2v) is 8.11. The number of rotatable bonds is 7. The molecule has 1 atom stereocenters. The number of hydrogen-bond donors (Lipinski definition) is 2. The van der Waals surface area contributed by atoms with Crippen LogP contribution in [0.1, 0.15) is 18.3 Å². The molecule has 0 aliphatic rings. The Morgan fingerprint density at radius 2 is 1.93 bits per heavy atom. The average Bonchev–Trinajstić information content (AvgIpc) is 3.03. The molecule has 3 rings (SSSR count). The van der Waals surface area contributed by atoms with E-state index in [2.05, 4.69) is 20.8 Å². The third-order valence-corrected chi connectivity index (χ3v) is 5.78. The molecule has 0 saturated heterocycles. The molecule has 0 radical (unpaired) electrons. The van der Waals surface area contributed by atoms with E-state index in [-0.39, 0.29) is 11.2 Å². The lowest BCUT2D eigenvalue weighted by Crippen LogP contribution is -2.22. The summed E-state index contributed by atoms with van der Waals surface area (Å²) < 4.78 is 1.89. The van der Waals surface area contributed by atoms with Gasteiger partial charge < -0.3 is 15.2 Å². The van der Waals surface area contributed by atoms with Crippen molar-refractivity contribution < 1.29 is 4.79 Å². The molecular weight excluding hydrogens is 394 g/mol. The zero-order valence-corrected chi connectivity index (χ0v) is 17.5. The molecule has 2 aromatic carbocycles. The van der Waals surface area contributed by atoms with E-state index in [1.54, 1.807) is 0 Å². The average molecular weight is 416 g/mol. The summed E-state index contributed by atoms with van der Waals surface area (Å²) in [6.45, 7) is 4.32. The molecule has 28 heavy (non-hydrogen) atoms. The van der Waals surface area contributed by atoms with Gasteiger partial charge in [-0.2, -0.15) is 0 Å². The number of nitrogens with one attached hydrogen (secondary N) is 2. The number of halogens is 1. The number of para-hydroxylation sites is 1. The van der Waals surface area contributed by atoms with E-state index in [9.17, 15) is 4.79 Å². The van der Waals surface area contributed by atoms with Gasteiger partial charge in [0, 0.05) is 23.4 Å². The lowest BCUT2D eigenvalue weighted by Gasteiger charge is -2.12. The Morgan fingerprint density at radius 3 is 2.64 bits per heavy atom. The number of benzene rings is 2. The van der Waals surface area contributed by atoms with Gasteiger partial charge in [0.25, 0.3) is 0 Å². The number of carbonyl (C=O) groups excluding carboxylic acids is 1. The van der Waals surface area contributed by atoms with Gasteiger partial charge in [-0.05, 0) is 43.7 Å². The Bertz CT molecular complexity index is 960. The van der Waals surface area contributed by atoms with E-state index >= 15 is 0 Å². The Kier molecular flexibility index (Phi) is 6.59. The first-order chi connectivity index (χ1) is 13.4. The number of thioether (sulfide) groups is 1. The van der Waals surface area contributed by atoms with Crippen molar-refractivity contribution in [2.45, 2.75) is 30.8 Å². The van der Waals surface area contributed by atoms with Crippen LogP contribution in [-0.4, -0.2) is 25.9 Å². The van der Waals surface area contributed by atoms with E-state index in [1.165, 1.54) is 11.8 Å². The van der Waals surface area contributed by atoms with Crippen LogP contribution in [0.5, 0.6) is 0 Å². The first-order valence-corrected chi connectivity index (χ1v) is 10.1. The summed E-state index contributed by atoms with van der Waals surface area (Å²) in [5.41, 5.74) is 2.73. The smallest absolute Gasteiger partial charge is 0.237 e. The third-order valence-electron chi connectivity index (χ3n) is 4.24. The number of aromatic nitrogens is 3. The molecule has 146 valence electrons. The minimum atomic E-state index is -0.306. The number of carbonyl (C=O) groups is 1. The van der Waals surface area contributed by atoms with Crippen molar-refractivity contribution in [3.63, 3.8) is 0 Å². The summed E-state index contributed by atoms with van der Waals surface area (Å²) in [6, 6.07) is 15.2. The largest absolute Gasteiger partial charge is 0.378 e. The van der Waals surface area contributed by atoms with Crippen LogP contribution in [0, 0.1) is 6.92 Å². The molecule has 1 amide bonds. The lowest BCUT2D eigenvalue weighted by molar-refractivity contribution is -0.115. The number of aryl methyl sites for hydroxylation is 1. The molecule has 2 N–H and O–H groups in total. The van der Waals surface area contributed by atoms with Crippen LogP contribution in [0.2, 0.25) is 5.02 Å². The molecule has 0 aliphatic carbocycles. The molecule has 0 aliphatic heterocycles. The molecule has 0 fully saturated rings. The molecule has 0 spiro atoms. The maximum absolute atomic E-state index is 12.4. The maximum atomic E-state index is 12.4. The number of amides is 1. The van der Waals surface area contributed by atoms with E-state index in [0.717, 1.165) is 27.8 Å². The fourth-order valence-corrected chi connectivity index (χ4v) is 3.48. The predicted molar refractivity (Wildman–Crippen MR) is 115 cm³/mol. The fraction of sp³-hybridized carbons (Fsp3) is 0.250. The quantitative estimate of drug-likeness (QED) is 0.555. The molecule has 0 bridgehead atoms. The molecule has 6 nitrogen and oxygen atoms in total. The van der Waals surface area contributed by atoms with Gasteiger partial charge in [0.05, 0.1) is 11.8 Å². The molecule has 1 aromatic heterocycles. The van der Waals surface area contributed by atoms with Crippen molar-refractivity contribution in [3.05, 3.63) is 64.9 Å². The van der Waals surface area contributed by atoms with Crippen molar-refractivity contribution in [2.75, 3.05) is 10.6 Å². The Morgan fingerprint density at radius 1 is 1.18 bits per heavy atom. The first kappa shape index (κ1) is 20.2. The van der Waals surface area contributed by atoms with Gasteiger partial charge in [0.1, 0.15) is 0 Å². The van der Waals surface area contributed by atoms with Gasteiger partial charge in [0.2, 0.25) is 5.91 Å². The minimum absolute atomic E-state index is 0.0758. The Hall–Kier alpha value is -2.51. The lowest BCUT2D eigenvalue weighted by atomic mass is 10.2. The number of hydrogen-bond acceptors (Lipinski definition) is 5. The van der Waals surface area contributed by atoms with Crippen molar-refractivity contribution >= 4 is 40.6 Å². The van der Waals surface area contributed by atoms with Crippen LogP contribution in [0.3, 0.4) is 0 Å². The highest BCUT2D eigenvalue weighted by Crippen LogP contribution is 2.24. The SMILES string of the molecule is Cc1ccc(NCc2nnc(S[C@@H](C)C(=O)Nc3ccccc3)n2C)cc1Cl. The van der Waals surface area contributed by atoms with E-state index in [0.29, 0.717) is 11.7 Å². The summed E-state index contributed by atoms with van der Waals surface area (Å²) in [6.07, 6.45) is 0. The molecule has 0 saturated carbocycles. The summed E-state index contributed by atoms with van der Waals surface area (Å²) >= 11 is 7.53. The minimum Gasteiger partial charge on any atom is -0.378 e. The van der Waals surface area contributed by atoms with E-state index in [1.807, 2.05) is 74.0 Å². The summed E-state index contributed by atoms with van der Waals surface area (Å²) in [4.78, 5) is 12.4. The summed E-state index contributed by atoms with van der Waals surface area (Å²) in [5.74, 6) is 0.697. The molecular formula is C20H22ClN5OS. The summed E-state index contributed by atoms with van der Waals surface area (Å²) in [5, 5.41) is 15.8. The third kappa shape index (κ3) is 5.05. The van der Waals surface area contributed by atoms with Crippen LogP contribution < -0.4 is 10.6 Å². The highest BCUT2D eigenvalue weighted by Gasteiger charge is 2.19. The molecule has 3 aromatic rings. The second-order valence-electron chi connectivity index (χ2n) is 6.39. The van der Waals surface area contributed by atoms with Gasteiger partial charge in [-0.3, -0.25) is 4.79 Å². The molecule has 0 unspecified atom stereocenters. The van der Waals surface area contributed by atoms with E-state index in [4.69, 9.17) is 11.6 Å². The zero-order valence-electron chi connectivity index (χ0n) is 15.9. The van der Waals surface area contributed by atoms with Crippen LogP contribution in [0.4, 0.5) is 11.4 Å². The van der Waals surface area contributed by atoms with Gasteiger partial charge in [-0.1, -0.05) is 47.6 Å². The monoisotopic (exact) mass is 415 g/mol. The van der Waals surface area contributed by atoms with Crippen LogP contribution in [0.25, 0.3) is 0 Å². The zero-order chi connectivity index (χ0) is 20.1. The topological polar surface area (TPSA) is 71.8 Å². The predicted octanol–water partition coefficient (Wildman–Crippen LogP) is 4.51. The molecule has 1 heterocycles. The number of anilines is 2. The van der Waals surface area contributed by atoms with Crippen molar-refractivity contribution in [2.24, 2.45) is 7.05 Å². The van der Waals surface area contributed by atoms with E-state index < -0.39 is 0 Å². The van der Waals surface area contributed by atoms with Crippen molar-refractivity contribution in [1.29, 1.82) is 0 Å². The van der Waals surface area contributed by atoms with Gasteiger partial charge >= 0.3 is 0 Å². The highest BCUT2D eigenvalue weighted by molar-refractivity contribution is 8.00. The standard InChI is InChI=1S/C20H22ClN5OS/c1-13-9-10-16(11-17(13)21)22-12-18-24-25-20(26(18)3)28-14(2)19(27)23-15-7-5-4-6-8-15/h4-11,14,22H,12H2,1-3H3,(H,23,27)/t14-/m0/s1. The van der Waals surface area contributed by atoms with Crippen molar-refractivity contribution in [3.8, 4) is 0 Å². The van der Waals surface area contributed by atoms with Crippen LogP contribution in [0.15, 0.2) is 53.7 Å². The Balaban J connectivity index is 1.59. The van der Waals surface area contributed by atoms with Gasteiger partial charge in [-0.15, -0.1) is 10.2 Å². The van der Waals surface area contributed by atoms with Crippen LogP contribution in [-0.2, 0) is 18.4 Å². The number of nitrogens with zero attached hydrogens (tertiary/aromatic N) is 3. The fourth-order valence-electron chi connectivity index (χ4n) is 2.46. The van der Waals surface area contributed by atoms with Gasteiger partial charge in [0.15, 0.2) is 11.0 Å². The van der Waals surface area contributed by atoms with Crippen LogP contribution >= 0.6 is 23.4 Å². The van der Waals surface area contributed by atoms with Gasteiger partial charge in [-0.25, -0.2) is 0 Å². The molecule has 8 heteroatoms.